The third kappa shape index (κ3) is 5.41. The highest BCUT2D eigenvalue weighted by atomic mass is 32.2. The second-order valence-electron chi connectivity index (χ2n) is 5.86. The number of nitrogens with one attached hydrogen (secondary N) is 1. The summed E-state index contributed by atoms with van der Waals surface area (Å²) in [7, 11) is 0. The van der Waals surface area contributed by atoms with Gasteiger partial charge in [0.2, 0.25) is 11.1 Å². The zero-order valence-corrected chi connectivity index (χ0v) is 15.9. The molecule has 0 bridgehead atoms. The first-order chi connectivity index (χ1) is 13.7. The van der Waals surface area contributed by atoms with Gasteiger partial charge in [0.25, 0.3) is 0 Å². The van der Waals surface area contributed by atoms with Crippen LogP contribution in [0.15, 0.2) is 59.8 Å². The number of nitrogens with two attached hydrogens (primary N) is 1. The van der Waals surface area contributed by atoms with Gasteiger partial charge in [0.15, 0.2) is 5.82 Å². The minimum atomic E-state index is -4.77. The molecule has 3 N–H and O–H groups in total. The van der Waals surface area contributed by atoms with Gasteiger partial charge in [-0.25, -0.2) is 4.68 Å². The maximum absolute atomic E-state index is 12.4. The number of hydrogen-bond donors (Lipinski definition) is 2. The Morgan fingerprint density at radius 1 is 1.14 bits per heavy atom. The third-order valence-corrected chi connectivity index (χ3v) is 4.76. The highest BCUT2D eigenvalue weighted by Gasteiger charge is 2.31. The smallest absolute Gasteiger partial charge is 0.406 e. The Bertz CT molecular complexity index is 977. The second kappa shape index (κ2) is 8.43. The van der Waals surface area contributed by atoms with Crippen molar-refractivity contribution in [3.8, 4) is 17.1 Å². The molecule has 0 saturated carbocycles. The molecular weight excluding hydrogens is 407 g/mol. The van der Waals surface area contributed by atoms with Crippen molar-refractivity contribution in [1.82, 2.24) is 14.9 Å². The molecular formula is C18H16F3N5O2S. The van der Waals surface area contributed by atoms with Gasteiger partial charge in [-0.2, -0.15) is 0 Å². The molecule has 0 saturated heterocycles. The number of ether oxygens (including phenoxy) is 1. The molecule has 0 aliphatic carbocycles. The van der Waals surface area contributed by atoms with E-state index in [-0.39, 0.29) is 11.7 Å². The first-order valence-corrected chi connectivity index (χ1v) is 9.20. The van der Waals surface area contributed by atoms with Crippen LogP contribution in [-0.2, 0) is 4.79 Å². The van der Waals surface area contributed by atoms with E-state index >= 15 is 0 Å². The maximum atomic E-state index is 12.4. The Balaban J connectivity index is 1.62. The summed E-state index contributed by atoms with van der Waals surface area (Å²) in [5.74, 6) is 5.75. The summed E-state index contributed by atoms with van der Waals surface area (Å²) in [5, 5.41) is 10.4. The Hall–Kier alpha value is -3.21. The first-order valence-electron chi connectivity index (χ1n) is 8.32. The van der Waals surface area contributed by atoms with Crippen LogP contribution in [0.5, 0.6) is 5.75 Å². The number of nitrogen functional groups attached to an aromatic ring is 1. The Morgan fingerprint density at radius 2 is 1.79 bits per heavy atom. The molecule has 2 aromatic carbocycles. The Kier molecular flexibility index (Phi) is 5.97. The van der Waals surface area contributed by atoms with Crippen molar-refractivity contribution in [3.05, 3.63) is 54.6 Å². The van der Waals surface area contributed by atoms with Crippen molar-refractivity contribution in [2.45, 2.75) is 23.7 Å². The molecule has 0 radical (unpaired) electrons. The number of aromatic nitrogens is 3. The van der Waals surface area contributed by atoms with Gasteiger partial charge in [0, 0.05) is 11.3 Å². The van der Waals surface area contributed by atoms with Gasteiger partial charge < -0.3 is 15.9 Å². The molecule has 152 valence electrons. The van der Waals surface area contributed by atoms with Gasteiger partial charge in [0.05, 0.1) is 5.25 Å². The van der Waals surface area contributed by atoms with Crippen LogP contribution in [-0.4, -0.2) is 32.4 Å². The van der Waals surface area contributed by atoms with E-state index in [1.807, 2.05) is 30.3 Å². The van der Waals surface area contributed by atoms with Gasteiger partial charge in [0.1, 0.15) is 5.75 Å². The minimum Gasteiger partial charge on any atom is -0.406 e. The van der Waals surface area contributed by atoms with E-state index in [4.69, 9.17) is 5.84 Å². The van der Waals surface area contributed by atoms with Crippen molar-refractivity contribution in [2.24, 2.45) is 0 Å². The quantitative estimate of drug-likeness (QED) is 0.464. The number of rotatable bonds is 6. The van der Waals surface area contributed by atoms with Crippen LogP contribution in [0.1, 0.15) is 6.92 Å². The van der Waals surface area contributed by atoms with Crippen LogP contribution < -0.4 is 15.9 Å². The van der Waals surface area contributed by atoms with Crippen LogP contribution in [0, 0.1) is 0 Å². The van der Waals surface area contributed by atoms with E-state index in [0.29, 0.717) is 16.7 Å². The van der Waals surface area contributed by atoms with Crippen molar-refractivity contribution in [2.75, 3.05) is 11.2 Å². The fourth-order valence-electron chi connectivity index (χ4n) is 2.34. The van der Waals surface area contributed by atoms with E-state index in [9.17, 15) is 18.0 Å². The van der Waals surface area contributed by atoms with E-state index in [0.717, 1.165) is 29.5 Å². The van der Waals surface area contributed by atoms with Gasteiger partial charge >= 0.3 is 6.36 Å². The summed E-state index contributed by atoms with van der Waals surface area (Å²) in [6, 6.07) is 14.1. The predicted octanol–water partition coefficient (Wildman–Crippen LogP) is 3.68. The number of carbonyl (C=O) groups is 1. The molecule has 0 fully saturated rings. The molecule has 1 heterocycles. The zero-order valence-electron chi connectivity index (χ0n) is 15.1. The molecule has 0 aliphatic heterocycles. The number of nitrogens with zero attached hydrogens (tertiary/aromatic N) is 3. The van der Waals surface area contributed by atoms with Crippen LogP contribution in [0.4, 0.5) is 18.9 Å². The van der Waals surface area contributed by atoms with Gasteiger partial charge in [-0.15, -0.1) is 23.4 Å². The SMILES string of the molecule is CC(Sc1nnc(-c2ccccc2)n1N)C(=O)Nc1ccc(OC(F)(F)F)cc1. The molecule has 1 amide bonds. The second-order valence-corrected chi connectivity index (χ2v) is 7.17. The zero-order chi connectivity index (χ0) is 21.0. The van der Waals surface area contributed by atoms with E-state index < -0.39 is 11.6 Å². The lowest BCUT2D eigenvalue weighted by atomic mass is 10.2. The lowest BCUT2D eigenvalue weighted by molar-refractivity contribution is -0.274. The number of halogens is 3. The Labute approximate surface area is 168 Å². The molecule has 3 rings (SSSR count). The monoisotopic (exact) mass is 423 g/mol. The molecule has 1 aromatic heterocycles. The van der Waals surface area contributed by atoms with Crippen molar-refractivity contribution >= 4 is 23.4 Å². The summed E-state index contributed by atoms with van der Waals surface area (Å²) >= 11 is 1.10. The average Bonchev–Trinajstić information content (AvgIpc) is 3.03. The number of anilines is 1. The topological polar surface area (TPSA) is 95.1 Å². The van der Waals surface area contributed by atoms with Gasteiger partial charge in [-0.1, -0.05) is 42.1 Å². The summed E-state index contributed by atoms with van der Waals surface area (Å²) in [4.78, 5) is 12.4. The molecule has 1 unspecified atom stereocenters. The molecule has 11 heteroatoms. The van der Waals surface area contributed by atoms with Crippen LogP contribution >= 0.6 is 11.8 Å². The summed E-state index contributed by atoms with van der Waals surface area (Å²) < 4.78 is 41.7. The van der Waals surface area contributed by atoms with Crippen LogP contribution in [0.25, 0.3) is 11.4 Å². The lowest BCUT2D eigenvalue weighted by Crippen LogP contribution is -2.23. The van der Waals surface area contributed by atoms with Crippen molar-refractivity contribution in [1.29, 1.82) is 0 Å². The predicted molar refractivity (Wildman–Crippen MR) is 103 cm³/mol. The Morgan fingerprint density at radius 3 is 2.41 bits per heavy atom. The van der Waals surface area contributed by atoms with E-state index in [1.165, 1.54) is 16.8 Å². The fourth-order valence-corrected chi connectivity index (χ4v) is 3.11. The minimum absolute atomic E-state index is 0.330. The number of amides is 1. The maximum Gasteiger partial charge on any atom is 0.573 e. The van der Waals surface area contributed by atoms with Gasteiger partial charge in [-0.3, -0.25) is 4.79 Å². The number of alkyl halides is 3. The molecule has 29 heavy (non-hydrogen) atoms. The molecule has 0 spiro atoms. The summed E-state index contributed by atoms with van der Waals surface area (Å²) in [6.45, 7) is 1.65. The van der Waals surface area contributed by atoms with Crippen molar-refractivity contribution in [3.63, 3.8) is 0 Å². The standard InChI is InChI=1S/C18H16F3N5O2S/c1-11(16(27)23-13-7-9-14(10-8-13)28-18(19,20)21)29-17-25-24-15(26(17)22)12-5-3-2-4-6-12/h2-11H,22H2,1H3,(H,23,27). The third-order valence-electron chi connectivity index (χ3n) is 3.70. The fraction of sp³-hybridized carbons (Fsp3) is 0.167. The normalized spacial score (nSPS) is 12.4. The van der Waals surface area contributed by atoms with Crippen LogP contribution in [0.2, 0.25) is 0 Å². The molecule has 0 aliphatic rings. The number of thioether (sulfide) groups is 1. The number of hydrogen-bond acceptors (Lipinski definition) is 6. The average molecular weight is 423 g/mol. The van der Waals surface area contributed by atoms with Crippen LogP contribution in [0.3, 0.4) is 0 Å². The summed E-state index contributed by atoms with van der Waals surface area (Å²) in [5.41, 5.74) is 1.11. The molecule has 7 nitrogen and oxygen atoms in total. The number of carbonyl (C=O) groups excluding carboxylic acids is 1. The highest BCUT2D eigenvalue weighted by molar-refractivity contribution is 8.00. The highest BCUT2D eigenvalue weighted by Crippen LogP contribution is 2.27. The van der Waals surface area contributed by atoms with E-state index in [1.54, 1.807) is 6.92 Å². The summed E-state index contributed by atoms with van der Waals surface area (Å²) in [6.07, 6.45) is -4.77. The molecule has 3 aromatic rings. The van der Waals surface area contributed by atoms with E-state index in [2.05, 4.69) is 20.3 Å². The first kappa shape index (κ1) is 20.5. The number of benzene rings is 2. The van der Waals surface area contributed by atoms with Crippen molar-refractivity contribution < 1.29 is 22.7 Å². The molecule has 1 atom stereocenters. The van der Waals surface area contributed by atoms with Gasteiger partial charge in [-0.05, 0) is 31.2 Å². The largest absolute Gasteiger partial charge is 0.573 e. The lowest BCUT2D eigenvalue weighted by Gasteiger charge is -2.12.